The van der Waals surface area contributed by atoms with Gasteiger partial charge in [0.15, 0.2) is 0 Å². The maximum atomic E-state index is 10.9. The summed E-state index contributed by atoms with van der Waals surface area (Å²) in [4.78, 5) is 13.2. The van der Waals surface area contributed by atoms with E-state index in [-0.39, 0.29) is 12.0 Å². The van der Waals surface area contributed by atoms with Crippen LogP contribution in [0.3, 0.4) is 0 Å². The summed E-state index contributed by atoms with van der Waals surface area (Å²) in [6.07, 6.45) is 8.22. The third-order valence-corrected chi connectivity index (χ3v) is 4.01. The summed E-state index contributed by atoms with van der Waals surface area (Å²) in [6.45, 7) is 2.07. The molecule has 1 saturated heterocycles. The first-order valence-electron chi connectivity index (χ1n) is 5.29. The lowest BCUT2D eigenvalue weighted by Gasteiger charge is -2.29. The minimum absolute atomic E-state index is 0.123. The number of nitrogens with zero attached hydrogens (tertiary/aromatic N) is 1. The predicted molar refractivity (Wildman–Crippen MR) is 52.0 cm³/mol. The van der Waals surface area contributed by atoms with Crippen LogP contribution in [0.1, 0.15) is 25.7 Å². The molecule has 14 heavy (non-hydrogen) atoms. The van der Waals surface area contributed by atoms with Gasteiger partial charge in [0.2, 0.25) is 0 Å². The lowest BCUT2D eigenvalue weighted by atomic mass is 9.88. The molecule has 0 bridgehead atoms. The summed E-state index contributed by atoms with van der Waals surface area (Å²) in [7, 11) is 0. The number of carboxylic acids is 1. The minimum Gasteiger partial charge on any atom is -0.481 e. The maximum absolute atomic E-state index is 10.9. The van der Waals surface area contributed by atoms with Gasteiger partial charge in [-0.05, 0) is 24.7 Å². The van der Waals surface area contributed by atoms with Gasteiger partial charge < -0.3 is 5.11 Å². The molecule has 1 aliphatic carbocycles. The van der Waals surface area contributed by atoms with Gasteiger partial charge in [-0.3, -0.25) is 9.69 Å². The molecule has 0 aromatic heterocycles. The first kappa shape index (κ1) is 8.48. The van der Waals surface area contributed by atoms with Gasteiger partial charge in [-0.2, -0.15) is 0 Å². The number of carbonyl (C=O) groups is 1. The van der Waals surface area contributed by atoms with Crippen molar-refractivity contribution in [3.05, 3.63) is 12.2 Å². The fraction of sp³-hybridized carbons (Fsp3) is 0.727. The molecule has 3 nitrogen and oxygen atoms in total. The zero-order valence-electron chi connectivity index (χ0n) is 8.20. The van der Waals surface area contributed by atoms with Crippen LogP contribution in [-0.4, -0.2) is 34.6 Å². The molecule has 1 N–H and O–H groups in total. The molecule has 3 heteroatoms. The number of carboxylic acid groups (broad SMARTS) is 1. The van der Waals surface area contributed by atoms with Crippen molar-refractivity contribution in [2.45, 2.75) is 31.2 Å². The van der Waals surface area contributed by atoms with E-state index < -0.39 is 5.97 Å². The number of aliphatic carboxylic acids is 1. The molecule has 1 unspecified atom stereocenters. The Kier molecular flexibility index (Phi) is 1.45. The lowest BCUT2D eigenvalue weighted by Crippen LogP contribution is -2.40. The summed E-state index contributed by atoms with van der Waals surface area (Å²) >= 11 is 0. The highest BCUT2D eigenvalue weighted by atomic mass is 16.4. The quantitative estimate of drug-likeness (QED) is 0.671. The van der Waals surface area contributed by atoms with Gasteiger partial charge >= 0.3 is 5.97 Å². The second kappa shape index (κ2) is 2.40. The van der Waals surface area contributed by atoms with Gasteiger partial charge in [-0.1, -0.05) is 12.2 Å². The van der Waals surface area contributed by atoms with Crippen LogP contribution < -0.4 is 0 Å². The standard InChI is InChI=1S/C11H15NO2/c13-9(14)6-11-2-1-5-12(11)8-10(7-11)3-4-10/h1-2H,3-8H2,(H,13,14). The molecule has 0 amide bonds. The van der Waals surface area contributed by atoms with Gasteiger partial charge in [0.25, 0.3) is 0 Å². The Hall–Kier alpha value is -0.830. The molecule has 2 heterocycles. The summed E-state index contributed by atoms with van der Waals surface area (Å²) < 4.78 is 0. The van der Waals surface area contributed by atoms with Crippen molar-refractivity contribution < 1.29 is 9.90 Å². The van der Waals surface area contributed by atoms with E-state index >= 15 is 0 Å². The van der Waals surface area contributed by atoms with Crippen LogP contribution in [0.5, 0.6) is 0 Å². The molecule has 3 aliphatic rings. The first-order valence-corrected chi connectivity index (χ1v) is 5.29. The molecule has 0 aromatic carbocycles. The topological polar surface area (TPSA) is 40.5 Å². The number of hydrogen-bond donors (Lipinski definition) is 1. The predicted octanol–water partition coefficient (Wildman–Crippen LogP) is 1.26. The third-order valence-electron chi connectivity index (χ3n) is 4.01. The van der Waals surface area contributed by atoms with E-state index in [0.29, 0.717) is 5.41 Å². The van der Waals surface area contributed by atoms with Crippen molar-refractivity contribution in [1.82, 2.24) is 4.90 Å². The summed E-state index contributed by atoms with van der Waals surface area (Å²) in [6, 6.07) is 0. The minimum atomic E-state index is -0.667. The van der Waals surface area contributed by atoms with Crippen LogP contribution in [0, 0.1) is 5.41 Å². The van der Waals surface area contributed by atoms with Crippen molar-refractivity contribution in [3.63, 3.8) is 0 Å². The summed E-state index contributed by atoms with van der Waals surface area (Å²) in [5, 5.41) is 8.95. The van der Waals surface area contributed by atoms with Crippen molar-refractivity contribution in [2.24, 2.45) is 5.41 Å². The SMILES string of the molecule is O=C(O)CC12C=CCN1CC1(CC1)C2. The number of fused-ring (bicyclic) bond motifs is 1. The highest BCUT2D eigenvalue weighted by Crippen LogP contribution is 2.60. The van der Waals surface area contributed by atoms with E-state index in [1.54, 1.807) is 0 Å². The molecule has 0 aromatic rings. The Labute approximate surface area is 83.4 Å². The lowest BCUT2D eigenvalue weighted by molar-refractivity contribution is -0.139. The van der Waals surface area contributed by atoms with E-state index in [9.17, 15) is 4.79 Å². The summed E-state index contributed by atoms with van der Waals surface area (Å²) in [5.74, 6) is -0.667. The van der Waals surface area contributed by atoms with Gasteiger partial charge in [-0.25, -0.2) is 0 Å². The molecule has 0 radical (unpaired) electrons. The van der Waals surface area contributed by atoms with Gasteiger partial charge in [0.05, 0.1) is 12.0 Å². The number of rotatable bonds is 2. The fourth-order valence-corrected chi connectivity index (χ4v) is 3.20. The molecule has 1 saturated carbocycles. The Balaban J connectivity index is 1.87. The Morgan fingerprint density at radius 2 is 2.29 bits per heavy atom. The second-order valence-corrected chi connectivity index (χ2v) is 5.13. The van der Waals surface area contributed by atoms with E-state index in [1.807, 2.05) is 0 Å². The van der Waals surface area contributed by atoms with Gasteiger partial charge in [0, 0.05) is 13.1 Å². The average Bonchev–Trinajstić information content (AvgIpc) is 2.59. The first-order chi connectivity index (χ1) is 6.64. The molecular formula is C11H15NO2. The van der Waals surface area contributed by atoms with E-state index in [4.69, 9.17) is 5.11 Å². The largest absolute Gasteiger partial charge is 0.481 e. The van der Waals surface area contributed by atoms with Gasteiger partial charge in [0.1, 0.15) is 0 Å². The molecule has 3 rings (SSSR count). The van der Waals surface area contributed by atoms with E-state index in [2.05, 4.69) is 17.1 Å². The highest BCUT2D eigenvalue weighted by molar-refractivity contribution is 5.69. The normalized spacial score (nSPS) is 37.7. The molecule has 1 atom stereocenters. The number of hydrogen-bond acceptors (Lipinski definition) is 2. The van der Waals surface area contributed by atoms with Crippen molar-refractivity contribution in [3.8, 4) is 0 Å². The van der Waals surface area contributed by atoms with Crippen LogP contribution in [0.4, 0.5) is 0 Å². The zero-order chi connectivity index (χ0) is 9.81. The maximum Gasteiger partial charge on any atom is 0.305 e. The van der Waals surface area contributed by atoms with Crippen LogP contribution in [0.2, 0.25) is 0 Å². The van der Waals surface area contributed by atoms with E-state index in [1.165, 1.54) is 12.8 Å². The Morgan fingerprint density at radius 1 is 1.50 bits per heavy atom. The smallest absolute Gasteiger partial charge is 0.305 e. The second-order valence-electron chi connectivity index (χ2n) is 5.13. The molecule has 2 aliphatic heterocycles. The van der Waals surface area contributed by atoms with E-state index in [0.717, 1.165) is 19.5 Å². The monoisotopic (exact) mass is 193 g/mol. The van der Waals surface area contributed by atoms with Gasteiger partial charge in [-0.15, -0.1) is 0 Å². The van der Waals surface area contributed by atoms with Crippen LogP contribution >= 0.6 is 0 Å². The fourth-order valence-electron chi connectivity index (χ4n) is 3.20. The van der Waals surface area contributed by atoms with Crippen LogP contribution in [0.15, 0.2) is 12.2 Å². The molecule has 2 fully saturated rings. The van der Waals surface area contributed by atoms with Crippen LogP contribution in [0.25, 0.3) is 0 Å². The van der Waals surface area contributed by atoms with Crippen molar-refractivity contribution in [2.75, 3.05) is 13.1 Å². The molecule has 1 spiro atoms. The Bertz CT molecular complexity index is 319. The zero-order valence-corrected chi connectivity index (χ0v) is 8.20. The molecular weight excluding hydrogens is 178 g/mol. The van der Waals surface area contributed by atoms with Crippen molar-refractivity contribution >= 4 is 5.97 Å². The average molecular weight is 193 g/mol. The van der Waals surface area contributed by atoms with Crippen LogP contribution in [-0.2, 0) is 4.79 Å². The van der Waals surface area contributed by atoms with Crippen molar-refractivity contribution in [1.29, 1.82) is 0 Å². The third kappa shape index (κ3) is 1.05. The summed E-state index contributed by atoms with van der Waals surface area (Å²) in [5.41, 5.74) is 0.378. The molecule has 76 valence electrons. The Morgan fingerprint density at radius 3 is 2.93 bits per heavy atom. The highest BCUT2D eigenvalue weighted by Gasteiger charge is 2.59.